The molecule has 114 valence electrons. The Morgan fingerprint density at radius 1 is 0.789 bits per heavy atom. The summed E-state index contributed by atoms with van der Waals surface area (Å²) in [5.74, 6) is 0. The van der Waals surface area contributed by atoms with Crippen LogP contribution < -0.4 is 5.32 Å². The third-order valence-electron chi connectivity index (χ3n) is 3.67. The van der Waals surface area contributed by atoms with E-state index in [2.05, 4.69) is 38.2 Å². The molecule has 0 aliphatic heterocycles. The Bertz CT molecular complexity index is 186. The normalized spacial score (nSPS) is 13.2. The summed E-state index contributed by atoms with van der Waals surface area (Å²) in [5.41, 5.74) is 0. The summed E-state index contributed by atoms with van der Waals surface area (Å²) in [6.07, 6.45) is 19.5. The first-order valence-corrected chi connectivity index (χ1v) is 8.69. The Labute approximate surface area is 122 Å². The highest BCUT2D eigenvalue weighted by Gasteiger charge is 1.99. The van der Waals surface area contributed by atoms with Gasteiger partial charge >= 0.3 is 0 Å². The highest BCUT2D eigenvalue weighted by atomic mass is 14.9. The van der Waals surface area contributed by atoms with Crippen molar-refractivity contribution in [3.05, 3.63) is 12.2 Å². The zero-order valence-electron chi connectivity index (χ0n) is 13.7. The van der Waals surface area contributed by atoms with Crippen molar-refractivity contribution < 1.29 is 0 Å². The lowest BCUT2D eigenvalue weighted by atomic mass is 10.1. The van der Waals surface area contributed by atoms with Crippen LogP contribution in [0.1, 0.15) is 91.4 Å². The molecule has 0 heterocycles. The van der Waals surface area contributed by atoms with Crippen LogP contribution >= 0.6 is 0 Å². The average Bonchev–Trinajstić information content (AvgIpc) is 2.41. The van der Waals surface area contributed by atoms with Crippen molar-refractivity contribution in [2.45, 2.75) is 97.4 Å². The van der Waals surface area contributed by atoms with Crippen LogP contribution in [0.2, 0.25) is 0 Å². The molecule has 0 amide bonds. The van der Waals surface area contributed by atoms with Crippen molar-refractivity contribution in [2.75, 3.05) is 6.54 Å². The maximum absolute atomic E-state index is 3.60. The predicted molar refractivity (Wildman–Crippen MR) is 88.7 cm³/mol. The molecule has 0 aromatic carbocycles. The molecule has 0 radical (unpaired) electrons. The molecule has 0 bridgehead atoms. The smallest absolute Gasteiger partial charge is 0.00387 e. The third-order valence-corrected chi connectivity index (χ3v) is 3.67. The Morgan fingerprint density at radius 2 is 1.42 bits per heavy atom. The van der Waals surface area contributed by atoms with Gasteiger partial charge in [-0.1, -0.05) is 64.5 Å². The largest absolute Gasteiger partial charge is 0.314 e. The van der Waals surface area contributed by atoms with E-state index < -0.39 is 0 Å². The van der Waals surface area contributed by atoms with Crippen molar-refractivity contribution in [2.24, 2.45) is 0 Å². The van der Waals surface area contributed by atoms with Gasteiger partial charge in [-0.25, -0.2) is 0 Å². The molecule has 1 N–H and O–H groups in total. The molecule has 1 atom stereocenters. The summed E-state index contributed by atoms with van der Waals surface area (Å²) in [5, 5.41) is 3.60. The molecule has 0 aromatic heterocycles. The molecule has 0 saturated heterocycles. The lowest BCUT2D eigenvalue weighted by Crippen LogP contribution is -2.26. The lowest BCUT2D eigenvalue weighted by Gasteiger charge is -2.12. The van der Waals surface area contributed by atoms with Gasteiger partial charge in [0.1, 0.15) is 0 Å². The summed E-state index contributed by atoms with van der Waals surface area (Å²) in [6, 6.07) is 0.709. The molecule has 0 rings (SSSR count). The third kappa shape index (κ3) is 15.6. The van der Waals surface area contributed by atoms with Gasteiger partial charge in [-0.3, -0.25) is 0 Å². The van der Waals surface area contributed by atoms with E-state index in [1.54, 1.807) is 0 Å². The number of nitrogens with one attached hydrogen (secondary N) is 1. The fourth-order valence-corrected chi connectivity index (χ4v) is 2.25. The predicted octanol–water partition coefficient (Wildman–Crippen LogP) is 5.85. The molecule has 0 aromatic rings. The molecule has 0 spiro atoms. The van der Waals surface area contributed by atoms with E-state index in [0.29, 0.717) is 6.04 Å². The monoisotopic (exact) mass is 267 g/mol. The molecule has 1 nitrogen and oxygen atoms in total. The second kappa shape index (κ2) is 15.8. The topological polar surface area (TPSA) is 12.0 Å². The van der Waals surface area contributed by atoms with E-state index in [-0.39, 0.29) is 0 Å². The molecule has 0 saturated carbocycles. The van der Waals surface area contributed by atoms with E-state index in [4.69, 9.17) is 0 Å². The van der Waals surface area contributed by atoms with E-state index >= 15 is 0 Å². The number of unbranched alkanes of at least 4 members (excludes halogenated alkanes) is 7. The first-order valence-electron chi connectivity index (χ1n) is 8.69. The molecule has 1 unspecified atom stereocenters. The molecular formula is C18H37N. The van der Waals surface area contributed by atoms with Gasteiger partial charge in [0.25, 0.3) is 0 Å². The highest BCUT2D eigenvalue weighted by molar-refractivity contribution is 4.81. The van der Waals surface area contributed by atoms with Crippen LogP contribution in [-0.4, -0.2) is 12.6 Å². The maximum Gasteiger partial charge on any atom is 0.00387 e. The van der Waals surface area contributed by atoms with Crippen LogP contribution in [0.4, 0.5) is 0 Å². The number of rotatable bonds is 14. The van der Waals surface area contributed by atoms with Crippen molar-refractivity contribution in [1.82, 2.24) is 5.32 Å². The molecule has 0 aliphatic carbocycles. The summed E-state index contributed by atoms with van der Waals surface area (Å²) in [6.45, 7) is 8.03. The van der Waals surface area contributed by atoms with E-state index in [1.165, 1.54) is 77.2 Å². The number of allylic oxidation sites excluding steroid dienone is 2. The van der Waals surface area contributed by atoms with Crippen LogP contribution in [0.15, 0.2) is 12.2 Å². The van der Waals surface area contributed by atoms with Gasteiger partial charge < -0.3 is 5.32 Å². The van der Waals surface area contributed by atoms with Gasteiger partial charge in [0.05, 0.1) is 0 Å². The first-order chi connectivity index (χ1) is 9.31. The van der Waals surface area contributed by atoms with Gasteiger partial charge in [0, 0.05) is 6.04 Å². The number of hydrogen-bond acceptors (Lipinski definition) is 1. The Kier molecular flexibility index (Phi) is 15.5. The fraction of sp³-hybridized carbons (Fsp3) is 0.889. The Balaban J connectivity index is 3.15. The highest BCUT2D eigenvalue weighted by Crippen LogP contribution is 2.08. The molecule has 19 heavy (non-hydrogen) atoms. The van der Waals surface area contributed by atoms with Crippen molar-refractivity contribution in [3.8, 4) is 0 Å². The van der Waals surface area contributed by atoms with Crippen LogP contribution in [0.5, 0.6) is 0 Å². The standard InChI is InChI=1S/C18H37N/c1-4-6-8-9-10-11-12-13-14-15-16-18(3)19-17-7-5-2/h9-10,18-19H,4-8,11-17H2,1-3H3. The fourth-order valence-electron chi connectivity index (χ4n) is 2.25. The summed E-state index contributed by atoms with van der Waals surface area (Å²) in [4.78, 5) is 0. The Hall–Kier alpha value is -0.300. The van der Waals surface area contributed by atoms with Gasteiger partial charge in [0.15, 0.2) is 0 Å². The van der Waals surface area contributed by atoms with E-state index in [0.717, 1.165) is 0 Å². The van der Waals surface area contributed by atoms with E-state index in [1.807, 2.05) is 0 Å². The molecule has 0 fully saturated rings. The summed E-state index contributed by atoms with van der Waals surface area (Å²) >= 11 is 0. The van der Waals surface area contributed by atoms with Crippen LogP contribution in [-0.2, 0) is 0 Å². The Morgan fingerprint density at radius 3 is 2.11 bits per heavy atom. The second-order valence-electron chi connectivity index (χ2n) is 5.81. The quantitative estimate of drug-likeness (QED) is 0.307. The summed E-state index contributed by atoms with van der Waals surface area (Å²) < 4.78 is 0. The lowest BCUT2D eigenvalue weighted by molar-refractivity contribution is 0.475. The van der Waals surface area contributed by atoms with Gasteiger partial charge in [-0.2, -0.15) is 0 Å². The SMILES string of the molecule is CCCCC=CCCCCCCC(C)NCCCC. The van der Waals surface area contributed by atoms with E-state index in [9.17, 15) is 0 Å². The summed E-state index contributed by atoms with van der Waals surface area (Å²) in [7, 11) is 0. The van der Waals surface area contributed by atoms with Crippen LogP contribution in [0.25, 0.3) is 0 Å². The zero-order valence-corrected chi connectivity index (χ0v) is 13.7. The van der Waals surface area contributed by atoms with Crippen molar-refractivity contribution in [1.29, 1.82) is 0 Å². The zero-order chi connectivity index (χ0) is 14.2. The second-order valence-corrected chi connectivity index (χ2v) is 5.81. The van der Waals surface area contributed by atoms with Crippen LogP contribution in [0, 0.1) is 0 Å². The van der Waals surface area contributed by atoms with Crippen molar-refractivity contribution in [3.63, 3.8) is 0 Å². The maximum atomic E-state index is 3.60. The van der Waals surface area contributed by atoms with Crippen molar-refractivity contribution >= 4 is 0 Å². The molecular weight excluding hydrogens is 230 g/mol. The minimum atomic E-state index is 0.709. The molecule has 1 heteroatoms. The minimum absolute atomic E-state index is 0.709. The molecule has 0 aliphatic rings. The first kappa shape index (κ1) is 18.7. The average molecular weight is 268 g/mol. The minimum Gasteiger partial charge on any atom is -0.314 e. The van der Waals surface area contributed by atoms with Gasteiger partial charge in [-0.05, 0) is 45.6 Å². The van der Waals surface area contributed by atoms with Gasteiger partial charge in [-0.15, -0.1) is 0 Å². The number of hydrogen-bond donors (Lipinski definition) is 1. The van der Waals surface area contributed by atoms with Gasteiger partial charge in [0.2, 0.25) is 0 Å². The van der Waals surface area contributed by atoms with Crippen LogP contribution in [0.3, 0.4) is 0 Å².